The van der Waals surface area contributed by atoms with Crippen LogP contribution in [0, 0.1) is 24.7 Å². The SMILES string of the molecule is C#Cc1cccc2ccc(Oc3ccc(N)c(O)c3)c(-c3c(Oc4ccc(N)c(O)c4)ccc4cccc(C#C)c34)c12. The highest BCUT2D eigenvalue weighted by atomic mass is 16.5. The molecule has 0 saturated carbocycles. The second-order valence-corrected chi connectivity index (χ2v) is 9.62. The van der Waals surface area contributed by atoms with E-state index in [4.69, 9.17) is 33.8 Å². The number of terminal acetylenes is 2. The molecule has 6 aromatic carbocycles. The molecule has 0 aliphatic rings. The standard InChI is InChI=1S/C36H24N2O4/c1-3-21-7-5-9-23-11-17-31(41-25-13-15-27(37)29(39)19-25)35(33(21)23)36-32(42-26-14-16-28(38)30(40)20-26)18-12-24-10-6-8-22(4-2)34(24)36/h1-2,5-20,39-40H,37-38H2. The van der Waals surface area contributed by atoms with Crippen molar-refractivity contribution in [1.82, 2.24) is 0 Å². The van der Waals surface area contributed by atoms with E-state index in [1.807, 2.05) is 60.7 Å². The van der Waals surface area contributed by atoms with Gasteiger partial charge >= 0.3 is 0 Å². The number of aromatic hydroxyl groups is 2. The largest absolute Gasteiger partial charge is 0.506 e. The van der Waals surface area contributed by atoms with Crippen molar-refractivity contribution in [2.24, 2.45) is 0 Å². The minimum atomic E-state index is -0.105. The molecule has 0 aromatic heterocycles. The van der Waals surface area contributed by atoms with Crippen LogP contribution in [0.2, 0.25) is 0 Å². The molecule has 0 atom stereocenters. The maximum absolute atomic E-state index is 10.3. The Morgan fingerprint density at radius 2 is 0.976 bits per heavy atom. The molecule has 0 heterocycles. The molecule has 0 aliphatic heterocycles. The molecule has 0 unspecified atom stereocenters. The monoisotopic (exact) mass is 548 g/mol. The van der Waals surface area contributed by atoms with Gasteiger partial charge in [0.2, 0.25) is 0 Å². The highest BCUT2D eigenvalue weighted by Gasteiger charge is 2.23. The quantitative estimate of drug-likeness (QED) is 0.0994. The summed E-state index contributed by atoms with van der Waals surface area (Å²) >= 11 is 0. The first-order valence-corrected chi connectivity index (χ1v) is 13.0. The van der Waals surface area contributed by atoms with Crippen molar-refractivity contribution in [1.29, 1.82) is 0 Å². The molecule has 6 N–H and O–H groups in total. The van der Waals surface area contributed by atoms with E-state index >= 15 is 0 Å². The zero-order chi connectivity index (χ0) is 29.4. The molecule has 6 rings (SSSR count). The maximum Gasteiger partial charge on any atom is 0.142 e. The number of rotatable bonds is 5. The third-order valence-electron chi connectivity index (χ3n) is 7.04. The average Bonchev–Trinajstić information content (AvgIpc) is 3.00. The van der Waals surface area contributed by atoms with Crippen molar-refractivity contribution < 1.29 is 19.7 Å². The molecular weight excluding hydrogens is 524 g/mol. The molecule has 42 heavy (non-hydrogen) atoms. The number of nitrogen functional groups attached to an aromatic ring is 2. The molecule has 0 saturated heterocycles. The van der Waals surface area contributed by atoms with Crippen LogP contribution in [0.5, 0.6) is 34.5 Å². The fourth-order valence-electron chi connectivity index (χ4n) is 5.06. The van der Waals surface area contributed by atoms with E-state index < -0.39 is 0 Å². The lowest BCUT2D eigenvalue weighted by Crippen LogP contribution is -1.97. The first-order valence-electron chi connectivity index (χ1n) is 13.0. The lowest BCUT2D eigenvalue weighted by molar-refractivity contribution is 0.454. The third-order valence-corrected chi connectivity index (χ3v) is 7.04. The van der Waals surface area contributed by atoms with Crippen LogP contribution < -0.4 is 20.9 Å². The first-order chi connectivity index (χ1) is 20.4. The third kappa shape index (κ3) is 4.50. The number of fused-ring (bicyclic) bond motifs is 2. The average molecular weight is 549 g/mol. The van der Waals surface area contributed by atoms with Gasteiger partial charge in [-0.3, -0.25) is 0 Å². The zero-order valence-corrected chi connectivity index (χ0v) is 22.3. The van der Waals surface area contributed by atoms with Crippen molar-refractivity contribution in [3.63, 3.8) is 0 Å². The summed E-state index contributed by atoms with van der Waals surface area (Å²) in [6.07, 6.45) is 12.0. The summed E-state index contributed by atoms with van der Waals surface area (Å²) in [4.78, 5) is 0. The molecule has 202 valence electrons. The van der Waals surface area contributed by atoms with Gasteiger partial charge in [-0.15, -0.1) is 12.8 Å². The van der Waals surface area contributed by atoms with Crippen molar-refractivity contribution in [3.05, 3.63) is 108 Å². The fraction of sp³-hybridized carbons (Fsp3) is 0. The van der Waals surface area contributed by atoms with Gasteiger partial charge in [0.15, 0.2) is 0 Å². The molecule has 0 fully saturated rings. The predicted octanol–water partition coefficient (Wildman–Crippen LogP) is 7.78. The Hall–Kier alpha value is -6.24. The number of benzene rings is 6. The topological polar surface area (TPSA) is 111 Å². The van der Waals surface area contributed by atoms with Crippen molar-refractivity contribution in [2.75, 3.05) is 11.5 Å². The number of hydrogen-bond donors (Lipinski definition) is 4. The molecule has 0 amide bonds. The summed E-state index contributed by atoms with van der Waals surface area (Å²) in [5.74, 6) is 7.02. The number of phenols is 2. The Morgan fingerprint density at radius 3 is 1.36 bits per heavy atom. The van der Waals surface area contributed by atoms with Gasteiger partial charge < -0.3 is 31.2 Å². The van der Waals surface area contributed by atoms with E-state index in [-0.39, 0.29) is 22.9 Å². The summed E-state index contributed by atoms with van der Waals surface area (Å²) in [5, 5.41) is 23.8. The summed E-state index contributed by atoms with van der Waals surface area (Å²) in [6, 6.07) is 28.3. The number of hydrogen-bond acceptors (Lipinski definition) is 6. The van der Waals surface area contributed by atoms with E-state index in [2.05, 4.69) is 11.8 Å². The van der Waals surface area contributed by atoms with Gasteiger partial charge in [0.25, 0.3) is 0 Å². The van der Waals surface area contributed by atoms with E-state index in [0.29, 0.717) is 45.3 Å². The number of ether oxygens (including phenoxy) is 2. The smallest absolute Gasteiger partial charge is 0.142 e. The van der Waals surface area contributed by atoms with Gasteiger partial charge in [-0.25, -0.2) is 0 Å². The number of anilines is 2. The second kappa shape index (κ2) is 10.4. The lowest BCUT2D eigenvalue weighted by atomic mass is 9.88. The minimum absolute atomic E-state index is 0.105. The normalized spacial score (nSPS) is 10.7. The van der Waals surface area contributed by atoms with Crippen LogP contribution >= 0.6 is 0 Å². The van der Waals surface area contributed by atoms with Gasteiger partial charge in [0, 0.05) is 45.2 Å². The molecular formula is C36H24N2O4. The lowest BCUT2D eigenvalue weighted by Gasteiger charge is -2.21. The Bertz CT molecular complexity index is 1970. The zero-order valence-electron chi connectivity index (χ0n) is 22.3. The van der Waals surface area contributed by atoms with Gasteiger partial charge in [0.05, 0.1) is 11.4 Å². The Kier molecular flexibility index (Phi) is 6.43. The molecule has 0 radical (unpaired) electrons. The molecule has 0 aliphatic carbocycles. The Balaban J connectivity index is 1.73. The summed E-state index contributed by atoms with van der Waals surface area (Å²) in [6.45, 7) is 0. The van der Waals surface area contributed by atoms with Gasteiger partial charge in [-0.05, 0) is 59.3 Å². The first kappa shape index (κ1) is 26.0. The molecule has 0 bridgehead atoms. The van der Waals surface area contributed by atoms with E-state index in [0.717, 1.165) is 21.5 Å². The second-order valence-electron chi connectivity index (χ2n) is 9.62. The summed E-state index contributed by atoms with van der Waals surface area (Å²) in [7, 11) is 0. The highest BCUT2D eigenvalue weighted by Crippen LogP contribution is 2.49. The summed E-state index contributed by atoms with van der Waals surface area (Å²) < 4.78 is 12.8. The van der Waals surface area contributed by atoms with Gasteiger partial charge in [0.1, 0.15) is 34.5 Å². The van der Waals surface area contributed by atoms with Gasteiger partial charge in [-0.2, -0.15) is 0 Å². The molecule has 6 nitrogen and oxygen atoms in total. The fourth-order valence-corrected chi connectivity index (χ4v) is 5.06. The Morgan fingerprint density at radius 1 is 0.548 bits per heavy atom. The molecule has 6 heteroatoms. The van der Waals surface area contributed by atoms with Crippen LogP contribution in [0.25, 0.3) is 32.7 Å². The minimum Gasteiger partial charge on any atom is -0.506 e. The molecule has 0 spiro atoms. The van der Waals surface area contributed by atoms with Crippen LogP contribution in [0.1, 0.15) is 11.1 Å². The molecule has 6 aromatic rings. The van der Waals surface area contributed by atoms with Crippen molar-refractivity contribution in [2.45, 2.75) is 0 Å². The highest BCUT2D eigenvalue weighted by molar-refractivity contribution is 6.13. The van der Waals surface area contributed by atoms with E-state index in [9.17, 15) is 10.2 Å². The van der Waals surface area contributed by atoms with E-state index in [1.54, 1.807) is 24.3 Å². The summed E-state index contributed by atoms with van der Waals surface area (Å²) in [5.41, 5.74) is 14.7. The van der Waals surface area contributed by atoms with Crippen LogP contribution in [0.4, 0.5) is 11.4 Å². The van der Waals surface area contributed by atoms with Crippen molar-refractivity contribution >= 4 is 32.9 Å². The Labute approximate surface area is 242 Å². The number of phenolic OH excluding ortho intramolecular Hbond substituents is 2. The van der Waals surface area contributed by atoms with E-state index in [1.165, 1.54) is 12.1 Å². The van der Waals surface area contributed by atoms with Crippen LogP contribution in [0.3, 0.4) is 0 Å². The van der Waals surface area contributed by atoms with Crippen molar-refractivity contribution in [3.8, 4) is 70.3 Å². The van der Waals surface area contributed by atoms with Crippen LogP contribution in [0.15, 0.2) is 97.1 Å². The van der Waals surface area contributed by atoms with Crippen LogP contribution in [-0.2, 0) is 0 Å². The maximum atomic E-state index is 10.3. The van der Waals surface area contributed by atoms with Gasteiger partial charge in [-0.1, -0.05) is 48.2 Å². The van der Waals surface area contributed by atoms with Crippen LogP contribution in [-0.4, -0.2) is 10.2 Å². The predicted molar refractivity (Wildman–Crippen MR) is 168 cm³/mol. The number of nitrogens with two attached hydrogens (primary N) is 2.